The Bertz CT molecular complexity index is 679. The quantitative estimate of drug-likeness (QED) is 0.677. The van der Waals surface area contributed by atoms with Crippen LogP contribution >= 0.6 is 0 Å². The summed E-state index contributed by atoms with van der Waals surface area (Å²) in [7, 11) is 1.35. The molecule has 2 aromatic carbocycles. The van der Waals surface area contributed by atoms with Gasteiger partial charge < -0.3 is 14.8 Å². The molecule has 1 N–H and O–H groups in total. The smallest absolute Gasteiger partial charge is 0.334 e. The van der Waals surface area contributed by atoms with Gasteiger partial charge in [0.25, 0.3) is 0 Å². The number of ether oxygens (including phenoxy) is 2. The lowest BCUT2D eigenvalue weighted by atomic mass is 10.1. The molecular weight excluding hydrogens is 266 g/mol. The molecule has 1 aliphatic heterocycles. The number of carbonyl (C=O) groups excluding carboxylic acids is 1. The zero-order valence-corrected chi connectivity index (χ0v) is 11.6. The van der Waals surface area contributed by atoms with Crippen LogP contribution in [0.25, 0.3) is 5.76 Å². The van der Waals surface area contributed by atoms with Crippen molar-refractivity contribution in [1.29, 1.82) is 0 Å². The molecule has 0 aromatic heterocycles. The average molecular weight is 281 g/mol. The van der Waals surface area contributed by atoms with Gasteiger partial charge in [0.2, 0.25) is 0 Å². The molecule has 106 valence electrons. The molecule has 1 heterocycles. The maximum Gasteiger partial charge on any atom is 0.334 e. The average Bonchev–Trinajstić information content (AvgIpc) is 2.55. The second-order valence-electron chi connectivity index (χ2n) is 4.63. The van der Waals surface area contributed by atoms with E-state index in [0.29, 0.717) is 5.76 Å². The van der Waals surface area contributed by atoms with Crippen molar-refractivity contribution in [2.24, 2.45) is 0 Å². The summed E-state index contributed by atoms with van der Waals surface area (Å²) in [6.45, 7) is 0. The number of hydrogen-bond acceptors (Lipinski definition) is 4. The molecule has 0 radical (unpaired) electrons. The maximum absolute atomic E-state index is 11.5. The Morgan fingerprint density at radius 3 is 2.62 bits per heavy atom. The van der Waals surface area contributed by atoms with Gasteiger partial charge in [0.15, 0.2) is 6.23 Å². The van der Waals surface area contributed by atoms with E-state index in [9.17, 15) is 4.79 Å². The molecular formula is C17H15NO3. The van der Waals surface area contributed by atoms with Gasteiger partial charge >= 0.3 is 5.97 Å². The van der Waals surface area contributed by atoms with Crippen molar-refractivity contribution in [2.45, 2.75) is 6.23 Å². The molecule has 0 aliphatic carbocycles. The fourth-order valence-corrected chi connectivity index (χ4v) is 2.24. The Balaban J connectivity index is 2.01. The Morgan fingerprint density at radius 2 is 1.86 bits per heavy atom. The van der Waals surface area contributed by atoms with Gasteiger partial charge in [-0.3, -0.25) is 0 Å². The molecule has 2 aromatic rings. The zero-order valence-electron chi connectivity index (χ0n) is 11.6. The first-order chi connectivity index (χ1) is 10.3. The van der Waals surface area contributed by atoms with Crippen LogP contribution in [0.1, 0.15) is 17.4 Å². The lowest BCUT2D eigenvalue weighted by Gasteiger charge is -2.30. The van der Waals surface area contributed by atoms with Crippen LogP contribution in [-0.4, -0.2) is 13.1 Å². The van der Waals surface area contributed by atoms with Crippen LogP contribution in [0.4, 0.5) is 5.69 Å². The molecule has 0 amide bonds. The van der Waals surface area contributed by atoms with Crippen molar-refractivity contribution in [1.82, 2.24) is 0 Å². The largest absolute Gasteiger partial charge is 0.466 e. The van der Waals surface area contributed by atoms with Crippen molar-refractivity contribution < 1.29 is 14.3 Å². The third-order valence-corrected chi connectivity index (χ3v) is 3.28. The van der Waals surface area contributed by atoms with Gasteiger partial charge in [0.1, 0.15) is 5.76 Å². The normalized spacial score (nSPS) is 18.3. The summed E-state index contributed by atoms with van der Waals surface area (Å²) in [6.07, 6.45) is 1.03. The zero-order chi connectivity index (χ0) is 14.7. The number of esters is 1. The predicted molar refractivity (Wildman–Crippen MR) is 80.3 cm³/mol. The van der Waals surface area contributed by atoms with E-state index in [0.717, 1.165) is 16.8 Å². The Labute approximate surface area is 123 Å². The van der Waals surface area contributed by atoms with Crippen molar-refractivity contribution in [2.75, 3.05) is 12.4 Å². The maximum atomic E-state index is 11.5. The minimum absolute atomic E-state index is 0.336. The highest BCUT2D eigenvalue weighted by Crippen LogP contribution is 2.36. The lowest BCUT2D eigenvalue weighted by Crippen LogP contribution is -2.20. The summed E-state index contributed by atoms with van der Waals surface area (Å²) >= 11 is 0. The monoisotopic (exact) mass is 281 g/mol. The van der Waals surface area contributed by atoms with E-state index in [1.165, 1.54) is 13.2 Å². The molecule has 1 atom stereocenters. The van der Waals surface area contributed by atoms with Crippen molar-refractivity contribution in [3.63, 3.8) is 0 Å². The summed E-state index contributed by atoms with van der Waals surface area (Å²) in [6, 6.07) is 17.5. The number of carbonyl (C=O) groups is 1. The second kappa shape index (κ2) is 5.71. The van der Waals surface area contributed by atoms with Gasteiger partial charge in [-0.15, -0.1) is 0 Å². The van der Waals surface area contributed by atoms with E-state index in [1.54, 1.807) is 0 Å². The van der Waals surface area contributed by atoms with Crippen LogP contribution in [0.2, 0.25) is 0 Å². The first-order valence-electron chi connectivity index (χ1n) is 6.65. The SMILES string of the molecule is COC(=O)/C=C1\OC(c2ccccc2)Nc2ccccc21. The predicted octanol–water partition coefficient (Wildman–Crippen LogP) is 3.34. The fourth-order valence-electron chi connectivity index (χ4n) is 2.24. The van der Waals surface area contributed by atoms with Crippen molar-refractivity contribution in [3.8, 4) is 0 Å². The minimum atomic E-state index is -0.437. The Kier molecular flexibility index (Phi) is 3.60. The molecule has 21 heavy (non-hydrogen) atoms. The van der Waals surface area contributed by atoms with Crippen molar-refractivity contribution in [3.05, 3.63) is 71.8 Å². The molecule has 0 spiro atoms. The number of anilines is 1. The fraction of sp³-hybridized carbons (Fsp3) is 0.118. The van der Waals surface area contributed by atoms with E-state index in [4.69, 9.17) is 9.47 Å². The highest BCUT2D eigenvalue weighted by atomic mass is 16.5. The van der Waals surface area contributed by atoms with Crippen LogP contribution in [0.15, 0.2) is 60.7 Å². The number of rotatable bonds is 2. The number of nitrogens with one attached hydrogen (secondary N) is 1. The minimum Gasteiger partial charge on any atom is -0.466 e. The molecule has 4 nitrogen and oxygen atoms in total. The van der Waals surface area contributed by atoms with Crippen LogP contribution in [-0.2, 0) is 14.3 Å². The lowest BCUT2D eigenvalue weighted by molar-refractivity contribution is -0.134. The summed E-state index contributed by atoms with van der Waals surface area (Å²) in [5.41, 5.74) is 2.76. The number of fused-ring (bicyclic) bond motifs is 1. The van der Waals surface area contributed by atoms with Gasteiger partial charge in [0.05, 0.1) is 13.2 Å². The van der Waals surface area contributed by atoms with Crippen LogP contribution < -0.4 is 5.32 Å². The third-order valence-electron chi connectivity index (χ3n) is 3.28. The Morgan fingerprint density at radius 1 is 1.14 bits per heavy atom. The molecule has 0 saturated carbocycles. The molecule has 3 rings (SSSR count). The van der Waals surface area contributed by atoms with E-state index in [2.05, 4.69) is 5.32 Å². The van der Waals surface area contributed by atoms with E-state index >= 15 is 0 Å². The second-order valence-corrected chi connectivity index (χ2v) is 4.63. The van der Waals surface area contributed by atoms with Crippen molar-refractivity contribution >= 4 is 17.4 Å². The topological polar surface area (TPSA) is 47.6 Å². The number of hydrogen-bond donors (Lipinski definition) is 1. The van der Waals surface area contributed by atoms with Crippen LogP contribution in [0, 0.1) is 0 Å². The van der Waals surface area contributed by atoms with Gasteiger partial charge in [-0.05, 0) is 12.1 Å². The van der Waals surface area contributed by atoms with Gasteiger partial charge in [-0.25, -0.2) is 4.79 Å². The Hall–Kier alpha value is -2.75. The third kappa shape index (κ3) is 2.74. The number of benzene rings is 2. The first-order valence-corrected chi connectivity index (χ1v) is 6.65. The summed E-state index contributed by atoms with van der Waals surface area (Å²) < 4.78 is 10.6. The van der Waals surface area contributed by atoms with E-state index < -0.39 is 5.97 Å². The summed E-state index contributed by atoms with van der Waals surface area (Å²) in [5.74, 6) is 0.0681. The van der Waals surface area contributed by atoms with Gasteiger partial charge in [-0.2, -0.15) is 0 Å². The van der Waals surface area contributed by atoms with Crippen LogP contribution in [0.5, 0.6) is 0 Å². The standard InChI is InChI=1S/C17H15NO3/c1-20-16(19)11-15-13-9-5-6-10-14(13)18-17(21-15)12-7-3-2-4-8-12/h2-11,17-18H,1H3/b15-11-. The molecule has 1 aliphatic rings. The van der Waals surface area contributed by atoms with Crippen LogP contribution in [0.3, 0.4) is 0 Å². The van der Waals surface area contributed by atoms with Gasteiger partial charge in [0, 0.05) is 16.8 Å². The number of para-hydroxylation sites is 1. The molecule has 1 unspecified atom stereocenters. The summed E-state index contributed by atoms with van der Waals surface area (Å²) in [5, 5.41) is 3.32. The molecule has 0 saturated heterocycles. The first kappa shape index (κ1) is 13.2. The van der Waals surface area contributed by atoms with E-state index in [-0.39, 0.29) is 6.23 Å². The molecule has 0 fully saturated rings. The number of methoxy groups -OCH3 is 1. The highest BCUT2D eigenvalue weighted by Gasteiger charge is 2.24. The van der Waals surface area contributed by atoms with E-state index in [1.807, 2.05) is 54.6 Å². The van der Waals surface area contributed by atoms with Gasteiger partial charge in [-0.1, -0.05) is 42.5 Å². The summed E-state index contributed by atoms with van der Waals surface area (Å²) in [4.78, 5) is 11.5. The highest BCUT2D eigenvalue weighted by molar-refractivity contribution is 5.92. The molecule has 0 bridgehead atoms. The molecule has 4 heteroatoms.